The molecule has 0 radical (unpaired) electrons. The first kappa shape index (κ1) is 18.4. The smallest absolute Gasteiger partial charge is 0.309 e. The van der Waals surface area contributed by atoms with Gasteiger partial charge in [-0.2, -0.15) is 0 Å². The van der Waals surface area contributed by atoms with Crippen LogP contribution in [0.2, 0.25) is 0 Å². The molecule has 4 heteroatoms. The van der Waals surface area contributed by atoms with Crippen LogP contribution >= 0.6 is 0 Å². The highest BCUT2D eigenvalue weighted by Gasteiger charge is 2.25. The number of esters is 1. The van der Waals surface area contributed by atoms with Crippen LogP contribution in [0.25, 0.3) is 0 Å². The van der Waals surface area contributed by atoms with Crippen molar-refractivity contribution in [2.24, 2.45) is 5.92 Å². The topological polar surface area (TPSA) is 35.5 Å². The summed E-state index contributed by atoms with van der Waals surface area (Å²) in [4.78, 5) is 11.4. The van der Waals surface area contributed by atoms with Crippen molar-refractivity contribution in [3.8, 4) is 5.75 Å². The van der Waals surface area contributed by atoms with Crippen LogP contribution in [0.15, 0.2) is 48.5 Å². The zero-order valence-corrected chi connectivity index (χ0v) is 15.0. The van der Waals surface area contributed by atoms with E-state index in [0.29, 0.717) is 13.2 Å². The van der Waals surface area contributed by atoms with Crippen molar-refractivity contribution in [2.45, 2.75) is 45.1 Å². The summed E-state index contributed by atoms with van der Waals surface area (Å²) in [6.45, 7) is 1.03. The highest BCUT2D eigenvalue weighted by atomic mass is 19.1. The molecule has 1 saturated heterocycles. The Labute approximate surface area is 154 Å². The van der Waals surface area contributed by atoms with E-state index in [1.54, 1.807) is 12.1 Å². The van der Waals surface area contributed by atoms with Crippen molar-refractivity contribution < 1.29 is 18.7 Å². The molecule has 0 aromatic heterocycles. The summed E-state index contributed by atoms with van der Waals surface area (Å²) in [5, 5.41) is 0. The number of cyclic esters (lactones) is 1. The Balaban J connectivity index is 1.33. The number of ether oxygens (including phenoxy) is 2. The van der Waals surface area contributed by atoms with E-state index in [1.807, 2.05) is 12.1 Å². The number of rotatable bonds is 9. The first-order valence-corrected chi connectivity index (χ1v) is 9.33. The van der Waals surface area contributed by atoms with Gasteiger partial charge >= 0.3 is 5.97 Å². The van der Waals surface area contributed by atoms with Gasteiger partial charge in [0.15, 0.2) is 0 Å². The average Bonchev–Trinajstić information content (AvgIpc) is 3.07. The lowest BCUT2D eigenvalue weighted by Crippen LogP contribution is -2.07. The minimum atomic E-state index is -0.235. The van der Waals surface area contributed by atoms with E-state index < -0.39 is 0 Å². The molecule has 0 spiro atoms. The molecule has 0 N–H and O–H groups in total. The maximum absolute atomic E-state index is 12.9. The number of benzene rings is 2. The van der Waals surface area contributed by atoms with Gasteiger partial charge in [-0.25, -0.2) is 4.39 Å². The highest BCUT2D eigenvalue weighted by Crippen LogP contribution is 2.22. The lowest BCUT2D eigenvalue weighted by Gasteiger charge is -2.08. The second-order valence-corrected chi connectivity index (χ2v) is 6.81. The second-order valence-electron chi connectivity index (χ2n) is 6.81. The van der Waals surface area contributed by atoms with Gasteiger partial charge in [-0.05, 0) is 61.1 Å². The highest BCUT2D eigenvalue weighted by molar-refractivity contribution is 5.73. The Morgan fingerprint density at radius 2 is 1.69 bits per heavy atom. The van der Waals surface area contributed by atoms with Gasteiger partial charge in [-0.15, -0.1) is 0 Å². The van der Waals surface area contributed by atoms with Crippen molar-refractivity contribution in [3.63, 3.8) is 0 Å². The maximum Gasteiger partial charge on any atom is 0.309 e. The monoisotopic (exact) mass is 356 g/mol. The van der Waals surface area contributed by atoms with Crippen LogP contribution < -0.4 is 4.74 Å². The third kappa shape index (κ3) is 5.58. The zero-order valence-electron chi connectivity index (χ0n) is 15.0. The maximum atomic E-state index is 12.9. The standard InChI is InChI=1S/C22H25FO3/c23-20-10-6-18(7-11-20)16-26-21-12-8-17(9-13-21)4-2-1-3-5-19-14-15-25-22(19)24/h6-13,19H,1-5,14-16H2. The van der Waals surface area contributed by atoms with E-state index in [4.69, 9.17) is 9.47 Å². The first-order valence-electron chi connectivity index (χ1n) is 9.33. The predicted octanol–water partition coefficient (Wildman–Crippen LogP) is 5.07. The van der Waals surface area contributed by atoms with Crippen LogP contribution in [-0.2, 0) is 22.6 Å². The van der Waals surface area contributed by atoms with Crippen LogP contribution in [0.4, 0.5) is 4.39 Å². The van der Waals surface area contributed by atoms with Crippen LogP contribution in [0.3, 0.4) is 0 Å². The van der Waals surface area contributed by atoms with Gasteiger partial charge in [0.2, 0.25) is 0 Å². The third-order valence-corrected chi connectivity index (χ3v) is 4.80. The van der Waals surface area contributed by atoms with E-state index in [2.05, 4.69) is 12.1 Å². The van der Waals surface area contributed by atoms with Crippen LogP contribution in [0.1, 0.15) is 43.2 Å². The normalized spacial score (nSPS) is 16.5. The molecule has 1 aliphatic heterocycles. The van der Waals surface area contributed by atoms with Gasteiger partial charge < -0.3 is 9.47 Å². The van der Waals surface area contributed by atoms with E-state index in [-0.39, 0.29) is 17.7 Å². The molecule has 0 aliphatic carbocycles. The fourth-order valence-corrected chi connectivity index (χ4v) is 3.20. The second kappa shape index (κ2) is 9.37. The summed E-state index contributed by atoms with van der Waals surface area (Å²) in [6, 6.07) is 14.5. The molecule has 26 heavy (non-hydrogen) atoms. The summed E-state index contributed by atoms with van der Waals surface area (Å²) in [7, 11) is 0. The summed E-state index contributed by atoms with van der Waals surface area (Å²) in [6.07, 6.45) is 6.21. The Kier molecular flexibility index (Phi) is 6.64. The van der Waals surface area contributed by atoms with Crippen LogP contribution in [0.5, 0.6) is 5.75 Å². The number of carbonyl (C=O) groups excluding carboxylic acids is 1. The molecule has 1 fully saturated rings. The van der Waals surface area contributed by atoms with E-state index in [9.17, 15) is 9.18 Å². The molecular weight excluding hydrogens is 331 g/mol. The van der Waals surface area contributed by atoms with E-state index >= 15 is 0 Å². The van der Waals surface area contributed by atoms with Crippen molar-refractivity contribution in [3.05, 3.63) is 65.5 Å². The molecular formula is C22H25FO3. The number of unbranched alkanes of at least 4 members (excludes halogenated alkanes) is 2. The Bertz CT molecular complexity index is 694. The number of hydrogen-bond donors (Lipinski definition) is 0. The lowest BCUT2D eigenvalue weighted by molar-refractivity contribution is -0.141. The molecule has 0 amide bonds. The van der Waals surface area contributed by atoms with Gasteiger partial charge in [0.1, 0.15) is 18.2 Å². The third-order valence-electron chi connectivity index (χ3n) is 4.80. The summed E-state index contributed by atoms with van der Waals surface area (Å²) < 4.78 is 23.6. The molecule has 138 valence electrons. The van der Waals surface area contributed by atoms with Gasteiger partial charge in [-0.3, -0.25) is 4.79 Å². The van der Waals surface area contributed by atoms with Gasteiger partial charge in [0.05, 0.1) is 12.5 Å². The minimum Gasteiger partial charge on any atom is -0.489 e. The van der Waals surface area contributed by atoms with E-state index in [0.717, 1.165) is 49.8 Å². The van der Waals surface area contributed by atoms with Gasteiger partial charge in [-0.1, -0.05) is 37.1 Å². The van der Waals surface area contributed by atoms with Crippen molar-refractivity contribution >= 4 is 5.97 Å². The van der Waals surface area contributed by atoms with Crippen LogP contribution in [-0.4, -0.2) is 12.6 Å². The summed E-state index contributed by atoms with van der Waals surface area (Å²) in [5.41, 5.74) is 2.24. The minimum absolute atomic E-state index is 0.0128. The van der Waals surface area contributed by atoms with Crippen LogP contribution in [0, 0.1) is 11.7 Å². The summed E-state index contributed by atoms with van der Waals surface area (Å²) in [5.74, 6) is 0.702. The fraction of sp³-hybridized carbons (Fsp3) is 0.409. The lowest BCUT2D eigenvalue weighted by atomic mass is 9.98. The van der Waals surface area contributed by atoms with Crippen molar-refractivity contribution in [2.75, 3.05) is 6.61 Å². The largest absolute Gasteiger partial charge is 0.489 e. The van der Waals surface area contributed by atoms with Gasteiger partial charge in [0, 0.05) is 0 Å². The number of hydrogen-bond acceptors (Lipinski definition) is 3. The van der Waals surface area contributed by atoms with Gasteiger partial charge in [0.25, 0.3) is 0 Å². The Morgan fingerprint density at radius 1 is 0.962 bits per heavy atom. The molecule has 1 unspecified atom stereocenters. The molecule has 0 bridgehead atoms. The fourth-order valence-electron chi connectivity index (χ4n) is 3.20. The number of halogens is 1. The predicted molar refractivity (Wildman–Crippen MR) is 98.4 cm³/mol. The Morgan fingerprint density at radius 3 is 2.38 bits per heavy atom. The average molecular weight is 356 g/mol. The zero-order chi connectivity index (χ0) is 18.2. The first-order chi connectivity index (χ1) is 12.7. The number of aryl methyl sites for hydroxylation is 1. The quantitative estimate of drug-likeness (QED) is 0.465. The molecule has 1 atom stereocenters. The summed E-state index contributed by atoms with van der Waals surface area (Å²) >= 11 is 0. The molecule has 3 nitrogen and oxygen atoms in total. The van der Waals surface area contributed by atoms with E-state index in [1.165, 1.54) is 17.7 Å². The number of carbonyl (C=O) groups is 1. The van der Waals surface area contributed by atoms with Crippen molar-refractivity contribution in [1.29, 1.82) is 0 Å². The Hall–Kier alpha value is -2.36. The molecule has 2 aromatic rings. The SMILES string of the molecule is O=C1OCCC1CCCCCc1ccc(OCc2ccc(F)cc2)cc1. The molecule has 0 saturated carbocycles. The molecule has 2 aromatic carbocycles. The molecule has 1 aliphatic rings. The molecule has 3 rings (SSSR count). The van der Waals surface area contributed by atoms with Crippen molar-refractivity contribution in [1.82, 2.24) is 0 Å². The molecule has 1 heterocycles.